The van der Waals surface area contributed by atoms with Gasteiger partial charge in [-0.05, 0) is 78.0 Å². The molecule has 2 atom stereocenters. The van der Waals surface area contributed by atoms with E-state index in [4.69, 9.17) is 11.2 Å². The molecule has 200 valence electrons. The van der Waals surface area contributed by atoms with Crippen LogP contribution in [0.15, 0.2) is 24.3 Å². The Kier molecular flexibility index (Phi) is 12.4. The van der Waals surface area contributed by atoms with Crippen LogP contribution in [0.5, 0.6) is 0 Å². The van der Waals surface area contributed by atoms with Gasteiger partial charge in [-0.25, -0.2) is 4.79 Å². The number of hydrogen-bond donors (Lipinski definition) is 2. The summed E-state index contributed by atoms with van der Waals surface area (Å²) in [6.45, 7) is 13.4. The monoisotopic (exact) mass is 517 g/mol. The van der Waals surface area contributed by atoms with Gasteiger partial charge in [0.05, 0.1) is 0 Å². The van der Waals surface area contributed by atoms with E-state index in [2.05, 4.69) is 16.6 Å². The lowest BCUT2D eigenvalue weighted by molar-refractivity contribution is -0.148. The van der Waals surface area contributed by atoms with Gasteiger partial charge >= 0.3 is 6.09 Å². The molecule has 3 amide bonds. The van der Waals surface area contributed by atoms with Crippen LogP contribution in [-0.4, -0.2) is 58.5 Å². The van der Waals surface area contributed by atoms with Crippen LogP contribution in [0.2, 0.25) is 0 Å². The molecule has 2 unspecified atom stereocenters. The number of carbonyl (C=O) groups excluding carboxylic acids is 3. The SMILES string of the molecule is C#Cc1ccccc1C(C(=O)NCCCC)N(C(=O)C(CCSC)NC(=O)OC(C)(C)C)C(C)(C)C. The van der Waals surface area contributed by atoms with Gasteiger partial charge < -0.3 is 20.3 Å². The molecule has 8 heteroatoms. The summed E-state index contributed by atoms with van der Waals surface area (Å²) in [6.07, 6.45) is 9.16. The van der Waals surface area contributed by atoms with Gasteiger partial charge in [-0.15, -0.1) is 6.42 Å². The van der Waals surface area contributed by atoms with E-state index in [1.54, 1.807) is 61.7 Å². The van der Waals surface area contributed by atoms with Crippen molar-refractivity contribution in [1.82, 2.24) is 15.5 Å². The number of rotatable bonds is 11. The van der Waals surface area contributed by atoms with Crippen molar-refractivity contribution in [3.05, 3.63) is 35.4 Å². The number of alkyl carbamates (subject to hydrolysis) is 1. The lowest BCUT2D eigenvalue weighted by Gasteiger charge is -2.43. The topological polar surface area (TPSA) is 87.7 Å². The van der Waals surface area contributed by atoms with Crippen LogP contribution in [0.25, 0.3) is 0 Å². The van der Waals surface area contributed by atoms with Gasteiger partial charge in [-0.1, -0.05) is 37.5 Å². The van der Waals surface area contributed by atoms with Crippen molar-refractivity contribution in [1.29, 1.82) is 0 Å². The summed E-state index contributed by atoms with van der Waals surface area (Å²) in [6, 6.07) is 5.30. The highest BCUT2D eigenvalue weighted by molar-refractivity contribution is 7.98. The lowest BCUT2D eigenvalue weighted by Crippen LogP contribution is -2.58. The van der Waals surface area contributed by atoms with Gasteiger partial charge in [0.1, 0.15) is 17.7 Å². The number of ether oxygens (including phenoxy) is 1. The third-order valence-electron chi connectivity index (χ3n) is 5.31. The molecule has 0 saturated carbocycles. The Bertz CT molecular complexity index is 928. The molecular formula is C28H43N3O4S. The van der Waals surface area contributed by atoms with E-state index in [0.29, 0.717) is 29.8 Å². The number of thioether (sulfide) groups is 1. The largest absolute Gasteiger partial charge is 0.444 e. The number of amides is 3. The van der Waals surface area contributed by atoms with Crippen molar-refractivity contribution >= 4 is 29.7 Å². The summed E-state index contributed by atoms with van der Waals surface area (Å²) in [5, 5.41) is 5.73. The summed E-state index contributed by atoms with van der Waals surface area (Å²) < 4.78 is 5.42. The van der Waals surface area contributed by atoms with Crippen molar-refractivity contribution in [3.63, 3.8) is 0 Å². The normalized spacial score (nSPS) is 13.2. The van der Waals surface area contributed by atoms with E-state index in [1.807, 2.05) is 34.0 Å². The highest BCUT2D eigenvalue weighted by Gasteiger charge is 2.42. The smallest absolute Gasteiger partial charge is 0.408 e. The predicted molar refractivity (Wildman–Crippen MR) is 148 cm³/mol. The quantitative estimate of drug-likeness (QED) is 0.322. The number of hydrogen-bond acceptors (Lipinski definition) is 5. The minimum Gasteiger partial charge on any atom is -0.444 e. The van der Waals surface area contributed by atoms with Crippen LogP contribution >= 0.6 is 11.8 Å². The zero-order valence-corrected chi connectivity index (χ0v) is 23.9. The molecular weight excluding hydrogens is 474 g/mol. The molecule has 0 aliphatic heterocycles. The second-order valence-electron chi connectivity index (χ2n) is 10.6. The molecule has 0 aromatic heterocycles. The van der Waals surface area contributed by atoms with Gasteiger partial charge in [-0.3, -0.25) is 9.59 Å². The van der Waals surface area contributed by atoms with Crippen LogP contribution in [0.1, 0.15) is 84.9 Å². The summed E-state index contributed by atoms with van der Waals surface area (Å²) in [5.41, 5.74) is -0.373. The molecule has 0 fully saturated rings. The Morgan fingerprint density at radius 2 is 1.78 bits per heavy atom. The first-order valence-electron chi connectivity index (χ1n) is 12.4. The van der Waals surface area contributed by atoms with E-state index < -0.39 is 29.3 Å². The fourth-order valence-corrected chi connectivity index (χ4v) is 4.18. The molecule has 0 heterocycles. The van der Waals surface area contributed by atoms with E-state index in [0.717, 1.165) is 12.8 Å². The molecule has 1 aromatic carbocycles. The number of carbonyl (C=O) groups is 3. The first kappa shape index (κ1) is 31.4. The molecule has 0 saturated heterocycles. The summed E-state index contributed by atoms with van der Waals surface area (Å²) in [4.78, 5) is 42.0. The van der Waals surface area contributed by atoms with Crippen LogP contribution in [0.4, 0.5) is 4.79 Å². The minimum atomic E-state index is -0.973. The Morgan fingerprint density at radius 1 is 1.14 bits per heavy atom. The van der Waals surface area contributed by atoms with Crippen LogP contribution in [0.3, 0.4) is 0 Å². The first-order chi connectivity index (χ1) is 16.8. The molecule has 0 spiro atoms. The van der Waals surface area contributed by atoms with Crippen molar-refractivity contribution in [2.24, 2.45) is 0 Å². The van der Waals surface area contributed by atoms with Gasteiger partial charge in [0, 0.05) is 17.6 Å². The number of terminal acetylenes is 1. The van der Waals surface area contributed by atoms with E-state index in [1.165, 1.54) is 0 Å². The molecule has 0 bridgehead atoms. The Balaban J connectivity index is 3.58. The third kappa shape index (κ3) is 9.77. The fourth-order valence-electron chi connectivity index (χ4n) is 3.71. The maximum Gasteiger partial charge on any atom is 0.408 e. The highest BCUT2D eigenvalue weighted by Crippen LogP contribution is 2.32. The second kappa shape index (κ2) is 14.2. The number of nitrogens with zero attached hydrogens (tertiary/aromatic N) is 1. The van der Waals surface area contributed by atoms with E-state index in [-0.39, 0.29) is 11.8 Å². The minimum absolute atomic E-state index is 0.310. The molecule has 1 aromatic rings. The fraction of sp³-hybridized carbons (Fsp3) is 0.607. The Labute approximate surface area is 221 Å². The molecule has 7 nitrogen and oxygen atoms in total. The lowest BCUT2D eigenvalue weighted by atomic mass is 9.92. The molecule has 0 aliphatic carbocycles. The number of benzene rings is 1. The second-order valence-corrected chi connectivity index (χ2v) is 11.6. The maximum absolute atomic E-state index is 14.2. The van der Waals surface area contributed by atoms with Gasteiger partial charge in [0.25, 0.3) is 0 Å². The average molecular weight is 518 g/mol. The van der Waals surface area contributed by atoms with Gasteiger partial charge in [-0.2, -0.15) is 11.8 Å². The average Bonchev–Trinajstić information content (AvgIpc) is 2.77. The molecule has 36 heavy (non-hydrogen) atoms. The van der Waals surface area contributed by atoms with Crippen LogP contribution in [0, 0.1) is 12.3 Å². The van der Waals surface area contributed by atoms with Gasteiger partial charge in [0.15, 0.2) is 0 Å². The van der Waals surface area contributed by atoms with Crippen LogP contribution < -0.4 is 10.6 Å². The predicted octanol–water partition coefficient (Wildman–Crippen LogP) is 4.90. The van der Waals surface area contributed by atoms with Crippen molar-refractivity contribution in [3.8, 4) is 12.3 Å². The molecule has 0 aliphatic rings. The number of unbranched alkanes of at least 4 members (excludes halogenated alkanes) is 1. The maximum atomic E-state index is 14.2. The van der Waals surface area contributed by atoms with Crippen LogP contribution in [-0.2, 0) is 14.3 Å². The van der Waals surface area contributed by atoms with Crippen molar-refractivity contribution in [2.45, 2.75) is 91.0 Å². The van der Waals surface area contributed by atoms with E-state index >= 15 is 0 Å². The summed E-state index contributed by atoms with van der Waals surface area (Å²) in [7, 11) is 0. The van der Waals surface area contributed by atoms with E-state index in [9.17, 15) is 14.4 Å². The number of nitrogens with one attached hydrogen (secondary N) is 2. The zero-order valence-electron chi connectivity index (χ0n) is 23.1. The third-order valence-corrected chi connectivity index (χ3v) is 5.95. The standard InChI is InChI=1S/C28H43N3O4S/c1-10-12-18-29-24(32)23(21-16-14-13-15-20(21)11-2)31(27(3,4)5)25(33)22(17-19-36-9)30-26(34)35-28(6,7)8/h2,13-16,22-23H,10,12,17-19H2,1,3-9H3,(H,29,32)(H,30,34). The Morgan fingerprint density at radius 3 is 2.31 bits per heavy atom. The van der Waals surface area contributed by atoms with Crippen molar-refractivity contribution < 1.29 is 19.1 Å². The summed E-state index contributed by atoms with van der Waals surface area (Å²) in [5.74, 6) is 2.61. The van der Waals surface area contributed by atoms with Crippen molar-refractivity contribution in [2.75, 3.05) is 18.6 Å². The highest BCUT2D eigenvalue weighted by atomic mass is 32.2. The summed E-state index contributed by atoms with van der Waals surface area (Å²) >= 11 is 1.57. The zero-order chi connectivity index (χ0) is 27.5. The molecule has 1 rings (SSSR count). The first-order valence-corrected chi connectivity index (χ1v) is 13.8. The van der Waals surface area contributed by atoms with Gasteiger partial charge in [0.2, 0.25) is 11.8 Å². The Hall–Kier alpha value is -2.66. The molecule has 0 radical (unpaired) electrons. The molecule has 2 N–H and O–H groups in total.